The monoisotopic (exact) mass is 619 g/mol. The third kappa shape index (κ3) is 6.14. The van der Waals surface area contributed by atoms with Gasteiger partial charge in [-0.05, 0) is 72.5 Å². The van der Waals surface area contributed by atoms with Crippen LogP contribution in [-0.2, 0) is 23.0 Å². The Hall–Kier alpha value is -5.09. The van der Waals surface area contributed by atoms with Crippen molar-refractivity contribution >= 4 is 38.6 Å². The van der Waals surface area contributed by atoms with E-state index in [0.717, 1.165) is 16.3 Å². The minimum atomic E-state index is -4.19. The number of rotatable bonds is 8. The molecule has 0 atom stereocenters. The lowest BCUT2D eigenvalue weighted by molar-refractivity contribution is 0.0735. The number of fused-ring (bicyclic) bond motifs is 2. The quantitative estimate of drug-likeness (QED) is 0.246. The highest BCUT2D eigenvalue weighted by Crippen LogP contribution is 2.29. The Kier molecular flexibility index (Phi) is 8.32. The fraction of sp³-hybridized carbons (Fsp3) is 0.200. The van der Waals surface area contributed by atoms with Crippen LogP contribution in [-0.4, -0.2) is 54.7 Å². The molecule has 228 valence electrons. The number of anilines is 1. The fourth-order valence-electron chi connectivity index (χ4n) is 5.66. The van der Waals surface area contributed by atoms with E-state index >= 15 is 0 Å². The summed E-state index contributed by atoms with van der Waals surface area (Å²) in [5.41, 5.74) is 3.64. The summed E-state index contributed by atoms with van der Waals surface area (Å²) in [6, 6.07) is 26.5. The van der Waals surface area contributed by atoms with Crippen molar-refractivity contribution in [3.8, 4) is 11.3 Å². The van der Waals surface area contributed by atoms with Crippen LogP contribution in [0.5, 0.6) is 0 Å². The second kappa shape index (κ2) is 12.5. The molecule has 10 heteroatoms. The number of amides is 2. The van der Waals surface area contributed by atoms with E-state index in [2.05, 4.69) is 15.8 Å². The molecule has 2 amide bonds. The molecule has 0 spiro atoms. The van der Waals surface area contributed by atoms with Crippen LogP contribution < -0.4 is 9.62 Å². The van der Waals surface area contributed by atoms with Crippen LogP contribution in [0.25, 0.3) is 22.0 Å². The minimum absolute atomic E-state index is 0.0284. The SMILES string of the molecule is CCN(CC)c1nccc(-c2ccc(C(=O)NS(=O)(=O)c3ccc4ccccc4c3)cc2C(=O)N2CCc3ccccc3C2)n1. The van der Waals surface area contributed by atoms with Gasteiger partial charge >= 0.3 is 0 Å². The van der Waals surface area contributed by atoms with Gasteiger partial charge in [-0.3, -0.25) is 9.59 Å². The second-order valence-corrected chi connectivity index (χ2v) is 12.5. The number of aromatic nitrogens is 2. The lowest BCUT2D eigenvalue weighted by Gasteiger charge is -2.29. The van der Waals surface area contributed by atoms with Crippen molar-refractivity contribution in [2.75, 3.05) is 24.5 Å². The highest BCUT2D eigenvalue weighted by atomic mass is 32.2. The van der Waals surface area contributed by atoms with Crippen molar-refractivity contribution in [3.05, 3.63) is 119 Å². The number of hydrogen-bond donors (Lipinski definition) is 1. The average molecular weight is 620 g/mol. The molecule has 0 saturated heterocycles. The first-order valence-corrected chi connectivity index (χ1v) is 16.4. The molecule has 0 saturated carbocycles. The number of benzene rings is 4. The molecule has 5 aromatic rings. The third-order valence-electron chi connectivity index (χ3n) is 8.15. The number of nitrogens with one attached hydrogen (secondary N) is 1. The molecule has 9 nitrogen and oxygen atoms in total. The zero-order valence-corrected chi connectivity index (χ0v) is 25.9. The van der Waals surface area contributed by atoms with Crippen molar-refractivity contribution in [3.63, 3.8) is 0 Å². The van der Waals surface area contributed by atoms with Gasteiger partial charge in [0, 0.05) is 49.1 Å². The predicted molar refractivity (Wildman–Crippen MR) is 175 cm³/mol. The molecule has 1 aliphatic heterocycles. The van der Waals surface area contributed by atoms with Crippen molar-refractivity contribution in [2.45, 2.75) is 31.7 Å². The van der Waals surface area contributed by atoms with Gasteiger partial charge in [0.25, 0.3) is 21.8 Å². The number of carbonyl (C=O) groups is 2. The van der Waals surface area contributed by atoms with E-state index in [4.69, 9.17) is 4.98 Å². The average Bonchev–Trinajstić information content (AvgIpc) is 3.07. The van der Waals surface area contributed by atoms with Gasteiger partial charge in [0.15, 0.2) is 0 Å². The Morgan fingerprint density at radius 2 is 1.60 bits per heavy atom. The molecular formula is C35H33N5O4S. The first-order valence-electron chi connectivity index (χ1n) is 14.9. The Balaban J connectivity index is 1.36. The predicted octanol–water partition coefficient (Wildman–Crippen LogP) is 5.46. The molecule has 0 bridgehead atoms. The van der Waals surface area contributed by atoms with E-state index in [1.807, 2.05) is 61.2 Å². The maximum atomic E-state index is 14.2. The molecule has 0 unspecified atom stereocenters. The molecule has 1 aromatic heterocycles. The zero-order chi connectivity index (χ0) is 31.6. The third-order valence-corrected chi connectivity index (χ3v) is 9.48. The fourth-order valence-corrected chi connectivity index (χ4v) is 6.67. The molecule has 0 radical (unpaired) electrons. The van der Waals surface area contributed by atoms with Gasteiger partial charge < -0.3 is 9.80 Å². The van der Waals surface area contributed by atoms with E-state index in [1.165, 1.54) is 29.8 Å². The van der Waals surface area contributed by atoms with Crippen LogP contribution in [0.3, 0.4) is 0 Å². The normalized spacial score (nSPS) is 12.9. The molecule has 1 N–H and O–H groups in total. The molecule has 2 heterocycles. The van der Waals surface area contributed by atoms with Crippen molar-refractivity contribution < 1.29 is 18.0 Å². The number of carbonyl (C=O) groups excluding carboxylic acids is 2. The summed E-state index contributed by atoms with van der Waals surface area (Å²) in [6.45, 7) is 6.39. The zero-order valence-electron chi connectivity index (χ0n) is 25.1. The van der Waals surface area contributed by atoms with E-state index in [1.54, 1.807) is 29.3 Å². The van der Waals surface area contributed by atoms with Gasteiger partial charge in [-0.25, -0.2) is 23.1 Å². The van der Waals surface area contributed by atoms with Crippen LogP contribution >= 0.6 is 0 Å². The number of nitrogens with zero attached hydrogens (tertiary/aromatic N) is 4. The Morgan fingerprint density at radius 3 is 2.38 bits per heavy atom. The van der Waals surface area contributed by atoms with Crippen molar-refractivity contribution in [1.82, 2.24) is 19.6 Å². The van der Waals surface area contributed by atoms with Gasteiger partial charge in [-0.15, -0.1) is 0 Å². The first kappa shape index (κ1) is 30.0. The van der Waals surface area contributed by atoms with E-state index in [-0.39, 0.29) is 21.9 Å². The summed E-state index contributed by atoms with van der Waals surface area (Å²) in [5.74, 6) is -0.570. The van der Waals surface area contributed by atoms with Crippen LogP contribution in [0.15, 0.2) is 102 Å². The summed E-state index contributed by atoms with van der Waals surface area (Å²) in [4.78, 5) is 40.5. The maximum Gasteiger partial charge on any atom is 0.265 e. The summed E-state index contributed by atoms with van der Waals surface area (Å²) in [7, 11) is -4.19. The molecular weight excluding hydrogens is 586 g/mol. The summed E-state index contributed by atoms with van der Waals surface area (Å²) < 4.78 is 28.7. The summed E-state index contributed by atoms with van der Waals surface area (Å²) >= 11 is 0. The second-order valence-electron chi connectivity index (χ2n) is 10.9. The van der Waals surface area contributed by atoms with Gasteiger partial charge in [0.1, 0.15) is 0 Å². The Morgan fingerprint density at radius 1 is 0.867 bits per heavy atom. The minimum Gasteiger partial charge on any atom is -0.341 e. The van der Waals surface area contributed by atoms with Crippen molar-refractivity contribution in [2.24, 2.45) is 0 Å². The number of hydrogen-bond acceptors (Lipinski definition) is 7. The highest BCUT2D eigenvalue weighted by Gasteiger charge is 2.27. The molecule has 45 heavy (non-hydrogen) atoms. The molecule has 1 aliphatic rings. The highest BCUT2D eigenvalue weighted by molar-refractivity contribution is 7.90. The van der Waals surface area contributed by atoms with Gasteiger partial charge in [-0.2, -0.15) is 0 Å². The van der Waals surface area contributed by atoms with Crippen LogP contribution in [0.1, 0.15) is 45.7 Å². The van der Waals surface area contributed by atoms with E-state index < -0.39 is 15.9 Å². The van der Waals surface area contributed by atoms with Crippen LogP contribution in [0, 0.1) is 0 Å². The lowest BCUT2D eigenvalue weighted by Crippen LogP contribution is -2.36. The Labute approximate surface area is 262 Å². The van der Waals surface area contributed by atoms with E-state index in [9.17, 15) is 18.0 Å². The van der Waals surface area contributed by atoms with Gasteiger partial charge in [-0.1, -0.05) is 60.7 Å². The van der Waals surface area contributed by atoms with Gasteiger partial charge in [0.05, 0.1) is 10.6 Å². The van der Waals surface area contributed by atoms with Crippen molar-refractivity contribution in [1.29, 1.82) is 0 Å². The topological polar surface area (TPSA) is 113 Å². The summed E-state index contributed by atoms with van der Waals surface area (Å²) in [5, 5.41) is 1.62. The van der Waals surface area contributed by atoms with Crippen LogP contribution in [0.2, 0.25) is 0 Å². The maximum absolute atomic E-state index is 14.2. The Bertz CT molecular complexity index is 2020. The standard InChI is InChI=1S/C35H33N5O4S/c1-3-39(4-2)35-36-19-17-32(37-35)30-16-14-27(22-31(30)34(42)40-20-18-25-10-6-8-12-28(25)23-40)33(41)38-45(43,44)29-15-13-24-9-5-7-11-26(24)21-29/h5-17,19,21-22H,3-4,18,20,23H2,1-2H3,(H,38,41). The van der Waals surface area contributed by atoms with Crippen LogP contribution in [0.4, 0.5) is 5.95 Å². The molecule has 6 rings (SSSR count). The smallest absolute Gasteiger partial charge is 0.265 e. The molecule has 0 aliphatic carbocycles. The van der Waals surface area contributed by atoms with E-state index in [0.29, 0.717) is 49.8 Å². The number of sulfonamides is 1. The van der Waals surface area contributed by atoms with Gasteiger partial charge in [0.2, 0.25) is 5.95 Å². The molecule has 0 fully saturated rings. The lowest BCUT2D eigenvalue weighted by atomic mass is 9.96. The molecule has 4 aromatic carbocycles. The largest absolute Gasteiger partial charge is 0.341 e. The summed E-state index contributed by atoms with van der Waals surface area (Å²) in [6.07, 6.45) is 2.36. The first-order chi connectivity index (χ1) is 21.8.